The number of hydrogen-bond acceptors (Lipinski definition) is 7. The number of pyridine rings is 1. The summed E-state index contributed by atoms with van der Waals surface area (Å²) in [5.74, 6) is -5.38. The molecule has 1 amide bonds. The van der Waals surface area contributed by atoms with Gasteiger partial charge in [0, 0.05) is 12.6 Å². The lowest BCUT2D eigenvalue weighted by Crippen LogP contribution is -2.33. The summed E-state index contributed by atoms with van der Waals surface area (Å²) in [7, 11) is 1.28. The number of amides is 1. The summed E-state index contributed by atoms with van der Waals surface area (Å²) in [5.41, 5.74) is -2.18. The van der Waals surface area contributed by atoms with E-state index in [0.717, 1.165) is 16.7 Å². The second-order valence-electron chi connectivity index (χ2n) is 7.26. The largest absolute Gasteiger partial charge is 0.497 e. The van der Waals surface area contributed by atoms with Gasteiger partial charge in [0.05, 0.1) is 12.8 Å². The van der Waals surface area contributed by atoms with Gasteiger partial charge in [-0.05, 0) is 32.0 Å². The normalized spacial score (nSPS) is 12.4. The smallest absolute Gasteiger partial charge is 0.425 e. The van der Waals surface area contributed by atoms with Crippen LogP contribution in [0.4, 0.5) is 27.6 Å². The number of aliphatic hydroxyl groups is 1. The van der Waals surface area contributed by atoms with Crippen molar-refractivity contribution in [3.8, 4) is 17.4 Å². The lowest BCUT2D eigenvalue weighted by Gasteiger charge is -2.19. The Morgan fingerprint density at radius 2 is 1.92 bits per heavy atom. The molecule has 1 aromatic carbocycles. The second kappa shape index (κ2) is 10.3. The fourth-order valence-electron chi connectivity index (χ4n) is 3.02. The number of aromatic nitrogens is 4. The number of nitrogens with one attached hydrogen (secondary N) is 1. The van der Waals surface area contributed by atoms with E-state index in [0.29, 0.717) is 17.7 Å². The summed E-state index contributed by atoms with van der Waals surface area (Å²) in [6, 6.07) is 3.80. The average Bonchev–Trinajstić information content (AvgIpc) is 3.15. The maximum absolute atomic E-state index is 15.0. The molecule has 0 aliphatic heterocycles. The van der Waals surface area contributed by atoms with Gasteiger partial charge in [0.1, 0.15) is 23.7 Å². The van der Waals surface area contributed by atoms with Crippen LogP contribution in [-0.2, 0) is 13.2 Å². The van der Waals surface area contributed by atoms with Crippen molar-refractivity contribution < 1.29 is 41.3 Å². The summed E-state index contributed by atoms with van der Waals surface area (Å²) in [6.07, 6.45) is -7.39. The lowest BCUT2D eigenvalue weighted by atomic mass is 10.2. The van der Waals surface area contributed by atoms with Gasteiger partial charge < -0.3 is 19.9 Å². The Hall–Kier alpha value is -4.01. The van der Waals surface area contributed by atoms with Gasteiger partial charge in [-0.2, -0.15) is 22.8 Å². The fraction of sp³-hybridized carbons (Fsp3) is 0.333. The zero-order chi connectivity index (χ0) is 26.8. The third-order valence-electron chi connectivity index (χ3n) is 4.94. The number of benzene rings is 1. The van der Waals surface area contributed by atoms with Gasteiger partial charge in [-0.1, -0.05) is 0 Å². The molecular formula is C21H20F5N5O5. The first-order valence-electron chi connectivity index (χ1n) is 10.3. The molecule has 0 radical (unpaired) electrons. The van der Waals surface area contributed by atoms with E-state index < -0.39 is 65.1 Å². The van der Waals surface area contributed by atoms with Crippen LogP contribution in [-0.4, -0.2) is 49.7 Å². The van der Waals surface area contributed by atoms with Crippen molar-refractivity contribution >= 4 is 11.6 Å². The first kappa shape index (κ1) is 26.6. The first-order valence-corrected chi connectivity index (χ1v) is 10.3. The van der Waals surface area contributed by atoms with Gasteiger partial charge in [-0.25, -0.2) is 13.6 Å². The molecule has 15 heteroatoms. The minimum absolute atomic E-state index is 0.0391. The number of ether oxygens (including phenoxy) is 2. The van der Waals surface area contributed by atoms with Gasteiger partial charge in [0.15, 0.2) is 23.6 Å². The SMILES string of the molecule is CCn1c(CO)nn(-c2nc(O[C@@H](C)C(F)(F)F)c(C(=O)Nc3cc(OC)ccc3F)cc2F)c1=O. The van der Waals surface area contributed by atoms with E-state index >= 15 is 4.39 Å². The number of aliphatic hydroxyl groups excluding tert-OH is 1. The quantitative estimate of drug-likeness (QED) is 0.441. The van der Waals surface area contributed by atoms with E-state index in [1.807, 2.05) is 0 Å². The molecule has 0 unspecified atom stereocenters. The van der Waals surface area contributed by atoms with Crippen LogP contribution in [0.15, 0.2) is 29.1 Å². The van der Waals surface area contributed by atoms with E-state index in [1.165, 1.54) is 13.2 Å². The van der Waals surface area contributed by atoms with Crippen molar-refractivity contribution in [2.24, 2.45) is 0 Å². The second-order valence-corrected chi connectivity index (χ2v) is 7.26. The molecule has 3 rings (SSSR count). The number of methoxy groups -OCH3 is 1. The Balaban J connectivity index is 2.14. The highest BCUT2D eigenvalue weighted by Gasteiger charge is 2.39. The van der Waals surface area contributed by atoms with Crippen molar-refractivity contribution in [3.05, 3.63) is 57.8 Å². The summed E-state index contributed by atoms with van der Waals surface area (Å²) in [6.45, 7) is 1.51. The summed E-state index contributed by atoms with van der Waals surface area (Å²) < 4.78 is 79.9. The maximum Gasteiger partial charge on any atom is 0.425 e. The van der Waals surface area contributed by atoms with Crippen LogP contribution >= 0.6 is 0 Å². The van der Waals surface area contributed by atoms with Crippen LogP contribution < -0.4 is 20.5 Å². The van der Waals surface area contributed by atoms with Crippen LogP contribution in [0, 0.1) is 11.6 Å². The van der Waals surface area contributed by atoms with Crippen LogP contribution in [0.3, 0.4) is 0 Å². The zero-order valence-electron chi connectivity index (χ0n) is 19.1. The van der Waals surface area contributed by atoms with Crippen LogP contribution in [0.25, 0.3) is 5.82 Å². The Labute approximate surface area is 199 Å². The van der Waals surface area contributed by atoms with Crippen molar-refractivity contribution in [1.29, 1.82) is 0 Å². The summed E-state index contributed by atoms with van der Waals surface area (Å²) >= 11 is 0. The van der Waals surface area contributed by atoms with Crippen molar-refractivity contribution in [2.75, 3.05) is 12.4 Å². The molecule has 36 heavy (non-hydrogen) atoms. The first-order chi connectivity index (χ1) is 16.9. The van der Waals surface area contributed by atoms with E-state index in [4.69, 9.17) is 9.47 Å². The zero-order valence-corrected chi connectivity index (χ0v) is 19.1. The third kappa shape index (κ3) is 5.30. The van der Waals surface area contributed by atoms with Crippen molar-refractivity contribution in [3.63, 3.8) is 0 Å². The molecule has 0 saturated carbocycles. The summed E-state index contributed by atoms with van der Waals surface area (Å²) in [5, 5.41) is 15.2. The fourth-order valence-corrected chi connectivity index (χ4v) is 3.02. The van der Waals surface area contributed by atoms with Crippen LogP contribution in [0.5, 0.6) is 11.6 Å². The van der Waals surface area contributed by atoms with Crippen LogP contribution in [0.2, 0.25) is 0 Å². The molecule has 0 bridgehead atoms. The van der Waals surface area contributed by atoms with Crippen LogP contribution in [0.1, 0.15) is 30.0 Å². The predicted molar refractivity (Wildman–Crippen MR) is 114 cm³/mol. The number of hydrogen-bond donors (Lipinski definition) is 2. The molecule has 10 nitrogen and oxygen atoms in total. The lowest BCUT2D eigenvalue weighted by molar-refractivity contribution is -0.190. The topological polar surface area (TPSA) is 120 Å². The average molecular weight is 517 g/mol. The number of alkyl halides is 3. The van der Waals surface area contributed by atoms with Gasteiger partial charge >= 0.3 is 11.9 Å². The molecule has 0 saturated heterocycles. The molecule has 2 heterocycles. The molecule has 0 fully saturated rings. The van der Waals surface area contributed by atoms with Gasteiger partial charge in [0.2, 0.25) is 5.88 Å². The molecule has 1 atom stereocenters. The van der Waals surface area contributed by atoms with E-state index in [2.05, 4.69) is 15.4 Å². The Morgan fingerprint density at radius 1 is 1.22 bits per heavy atom. The van der Waals surface area contributed by atoms with E-state index in [-0.39, 0.29) is 18.1 Å². The minimum atomic E-state index is -4.90. The van der Waals surface area contributed by atoms with Crippen molar-refractivity contribution in [2.45, 2.75) is 39.3 Å². The monoisotopic (exact) mass is 517 g/mol. The van der Waals surface area contributed by atoms with Gasteiger partial charge in [0.25, 0.3) is 5.91 Å². The highest BCUT2D eigenvalue weighted by Crippen LogP contribution is 2.29. The molecule has 2 aromatic heterocycles. The van der Waals surface area contributed by atoms with E-state index in [1.54, 1.807) is 6.92 Å². The third-order valence-corrected chi connectivity index (χ3v) is 4.94. The highest BCUT2D eigenvalue weighted by molar-refractivity contribution is 6.06. The number of halogens is 5. The Kier molecular flexibility index (Phi) is 7.62. The minimum Gasteiger partial charge on any atom is -0.497 e. The molecule has 2 N–H and O–H groups in total. The predicted octanol–water partition coefficient (Wildman–Crippen LogP) is 2.81. The number of anilines is 1. The molecule has 0 aliphatic rings. The molecule has 0 aliphatic carbocycles. The standard InChI is InChI=1S/C21H20F5N5O5/c1-4-30-16(9-32)29-31(20(30)34)17-14(23)8-12(19(28-17)36-10(2)21(24,25)26)18(33)27-15-7-11(35-3)5-6-13(15)22/h5-8,10,32H,4,9H2,1-3H3,(H,27,33)/t10-/m0/s1. The summed E-state index contributed by atoms with van der Waals surface area (Å²) in [4.78, 5) is 29.0. The van der Waals surface area contributed by atoms with Crippen molar-refractivity contribution in [1.82, 2.24) is 19.3 Å². The number of nitrogens with zero attached hydrogens (tertiary/aromatic N) is 4. The Morgan fingerprint density at radius 3 is 2.47 bits per heavy atom. The number of carbonyl (C=O) groups excluding carboxylic acids is 1. The Bertz CT molecular complexity index is 1340. The number of rotatable bonds is 8. The molecule has 3 aromatic rings. The maximum atomic E-state index is 15.0. The van der Waals surface area contributed by atoms with E-state index in [9.17, 15) is 32.3 Å². The van der Waals surface area contributed by atoms with Gasteiger partial charge in [-0.15, -0.1) is 5.10 Å². The number of carbonyl (C=O) groups is 1. The van der Waals surface area contributed by atoms with Gasteiger partial charge in [-0.3, -0.25) is 9.36 Å². The molecule has 194 valence electrons. The molecular weight excluding hydrogens is 497 g/mol. The highest BCUT2D eigenvalue weighted by atomic mass is 19.4. The molecule has 0 spiro atoms.